The van der Waals surface area contributed by atoms with Gasteiger partial charge in [0.25, 0.3) is 5.91 Å². The number of ether oxygens (including phenoxy) is 3. The van der Waals surface area contributed by atoms with Crippen LogP contribution in [0.3, 0.4) is 0 Å². The Labute approximate surface area is 324 Å². The Balaban J connectivity index is 1.56. The summed E-state index contributed by atoms with van der Waals surface area (Å²) in [7, 11) is 1.49. The number of alkyl halides is 1. The number of aliphatic hydroxyl groups is 1. The number of anilines is 1. The van der Waals surface area contributed by atoms with E-state index in [1.165, 1.54) is 16.9 Å². The fraction of sp³-hybridized carbons (Fsp3) is 0.500. The quantitative estimate of drug-likeness (QED) is 0.116. The van der Waals surface area contributed by atoms with Gasteiger partial charge in [-0.3, -0.25) is 19.2 Å². The molecule has 9 atom stereocenters. The summed E-state index contributed by atoms with van der Waals surface area (Å²) in [4.78, 5) is 60.1. The maximum atomic E-state index is 15.0. The van der Waals surface area contributed by atoms with E-state index in [1.807, 2.05) is 19.9 Å². The largest absolute Gasteiger partial charge is 0.455 e. The highest BCUT2D eigenvalue weighted by Gasteiger charge is 2.77. The molecule has 2 N–H and O–H groups in total. The van der Waals surface area contributed by atoms with Crippen molar-refractivity contribution in [2.45, 2.75) is 80.3 Å². The van der Waals surface area contributed by atoms with E-state index in [4.69, 9.17) is 25.8 Å². The van der Waals surface area contributed by atoms with Crippen molar-refractivity contribution in [2.75, 3.05) is 31.8 Å². The standard InChI is InChI=1S/C40H49BrClN3O8/c1-6-8-14-31(47)43-30(23-51-5)34(25-12-10-9-11-13-25)52-39(50)32-33-37(48)45(28(22-46)20-24(3)4)36(40(33)21-29(41)35(32)53-40)38(49)44(19-7-2)27-17-15-26(42)16-18-27/h6-7,9-13,15-18,24,28-30,32-36,46H,1-2,8,14,19-23H2,3-5H3,(H,43,47)/t28-,29?,30+,32+,33-,34+,35+,36+,40-/m1/s1. The van der Waals surface area contributed by atoms with Crippen molar-refractivity contribution in [3.05, 3.63) is 90.5 Å². The van der Waals surface area contributed by atoms with Gasteiger partial charge < -0.3 is 34.4 Å². The van der Waals surface area contributed by atoms with Crippen LogP contribution in [0.4, 0.5) is 5.69 Å². The third kappa shape index (κ3) is 8.27. The first-order valence-corrected chi connectivity index (χ1v) is 19.3. The number of rotatable bonds is 18. The number of hydrogen-bond acceptors (Lipinski definition) is 8. The van der Waals surface area contributed by atoms with Crippen LogP contribution in [0.2, 0.25) is 5.02 Å². The Morgan fingerprint density at radius 3 is 2.45 bits per heavy atom. The SMILES string of the molecule is C=CCCC(=O)N[C@@H](COC)[C@@H](OC(=O)[C@@H]1[C@H]2O[C@@]3(CC2Br)[C@H](C(=O)N(CC=C)c2ccc(Cl)cc2)N([C@@H](CO)CC(C)C)C(=O)[C@@H]13)c1ccccc1. The van der Waals surface area contributed by atoms with Gasteiger partial charge in [-0.25, -0.2) is 0 Å². The lowest BCUT2D eigenvalue weighted by Gasteiger charge is -2.39. The van der Waals surface area contributed by atoms with Gasteiger partial charge in [-0.15, -0.1) is 13.2 Å². The number of methoxy groups -OCH3 is 1. The van der Waals surface area contributed by atoms with Crippen LogP contribution in [0.5, 0.6) is 0 Å². The molecule has 1 spiro atoms. The van der Waals surface area contributed by atoms with Gasteiger partial charge in [0.2, 0.25) is 11.8 Å². The van der Waals surface area contributed by atoms with Gasteiger partial charge in [-0.2, -0.15) is 0 Å². The van der Waals surface area contributed by atoms with Crippen LogP contribution >= 0.6 is 27.5 Å². The number of halogens is 2. The molecular formula is C40H49BrClN3O8. The molecule has 3 amide bonds. The molecule has 0 aliphatic carbocycles. The second kappa shape index (κ2) is 17.7. The Hall–Kier alpha value is -3.55. The molecule has 3 saturated heterocycles. The summed E-state index contributed by atoms with van der Waals surface area (Å²) >= 11 is 9.92. The average Bonchev–Trinajstić information content (AvgIpc) is 3.74. The molecule has 5 rings (SSSR count). The Bertz CT molecular complexity index is 1640. The third-order valence-electron chi connectivity index (χ3n) is 10.3. The lowest BCUT2D eigenvalue weighted by Crippen LogP contribution is -2.59. The highest BCUT2D eigenvalue weighted by atomic mass is 79.9. The summed E-state index contributed by atoms with van der Waals surface area (Å²) in [6, 6.07) is 13.1. The molecule has 0 aromatic heterocycles. The Morgan fingerprint density at radius 2 is 1.85 bits per heavy atom. The molecule has 286 valence electrons. The van der Waals surface area contributed by atoms with E-state index >= 15 is 0 Å². The molecule has 0 radical (unpaired) electrons. The predicted molar refractivity (Wildman–Crippen MR) is 205 cm³/mol. The van der Waals surface area contributed by atoms with Crippen molar-refractivity contribution in [3.63, 3.8) is 0 Å². The van der Waals surface area contributed by atoms with Crippen LogP contribution in [0.1, 0.15) is 51.2 Å². The molecular weight excluding hydrogens is 766 g/mol. The molecule has 13 heteroatoms. The number of nitrogens with one attached hydrogen (secondary N) is 1. The van der Waals surface area contributed by atoms with Gasteiger partial charge in [0.1, 0.15) is 17.7 Å². The second-order valence-electron chi connectivity index (χ2n) is 14.3. The highest BCUT2D eigenvalue weighted by Crippen LogP contribution is 2.61. The number of fused-ring (bicyclic) bond motifs is 1. The maximum Gasteiger partial charge on any atom is 0.313 e. The monoisotopic (exact) mass is 813 g/mol. The first-order valence-electron chi connectivity index (χ1n) is 18.0. The van der Waals surface area contributed by atoms with E-state index < -0.39 is 77.0 Å². The van der Waals surface area contributed by atoms with Crippen molar-refractivity contribution < 1.29 is 38.5 Å². The smallest absolute Gasteiger partial charge is 0.313 e. The van der Waals surface area contributed by atoms with E-state index in [0.717, 1.165) is 0 Å². The summed E-state index contributed by atoms with van der Waals surface area (Å²) in [5.74, 6) is -3.96. The number of carbonyl (C=O) groups excluding carboxylic acids is 4. The van der Waals surface area contributed by atoms with Crippen LogP contribution in [-0.4, -0.2) is 95.2 Å². The number of carbonyl (C=O) groups is 4. The van der Waals surface area contributed by atoms with E-state index in [0.29, 0.717) is 29.1 Å². The van der Waals surface area contributed by atoms with Gasteiger partial charge in [0.05, 0.1) is 43.2 Å². The van der Waals surface area contributed by atoms with Crippen molar-refractivity contribution in [1.29, 1.82) is 0 Å². The molecule has 1 unspecified atom stereocenters. The van der Waals surface area contributed by atoms with E-state index in [9.17, 15) is 24.3 Å². The van der Waals surface area contributed by atoms with Crippen LogP contribution in [0, 0.1) is 17.8 Å². The molecule has 3 heterocycles. The van der Waals surface area contributed by atoms with Gasteiger partial charge in [-0.05, 0) is 55.0 Å². The van der Waals surface area contributed by atoms with Crippen molar-refractivity contribution >= 4 is 56.9 Å². The first-order chi connectivity index (χ1) is 25.4. The van der Waals surface area contributed by atoms with Crippen LogP contribution in [-0.2, 0) is 33.4 Å². The van der Waals surface area contributed by atoms with E-state index in [2.05, 4.69) is 34.4 Å². The third-order valence-corrected chi connectivity index (χ3v) is 11.4. The molecule has 2 aromatic rings. The molecule has 11 nitrogen and oxygen atoms in total. The number of benzene rings is 2. The van der Waals surface area contributed by atoms with Crippen LogP contribution < -0.4 is 10.2 Å². The number of likely N-dealkylation sites (tertiary alicyclic amines) is 1. The average molecular weight is 815 g/mol. The zero-order valence-corrected chi connectivity index (χ0v) is 32.7. The number of amides is 3. The lowest BCUT2D eigenvalue weighted by molar-refractivity contribution is -0.163. The lowest BCUT2D eigenvalue weighted by atomic mass is 9.70. The minimum atomic E-state index is -1.42. The molecule has 2 bridgehead atoms. The zero-order chi connectivity index (χ0) is 38.4. The summed E-state index contributed by atoms with van der Waals surface area (Å²) in [5, 5.41) is 14.2. The number of aliphatic hydroxyl groups excluding tert-OH is 1. The van der Waals surface area contributed by atoms with Crippen LogP contribution in [0.25, 0.3) is 0 Å². The number of nitrogens with zero attached hydrogens (tertiary/aromatic N) is 2. The van der Waals surface area contributed by atoms with E-state index in [-0.39, 0.29) is 37.8 Å². The Morgan fingerprint density at radius 1 is 1.15 bits per heavy atom. The van der Waals surface area contributed by atoms with Crippen LogP contribution in [0.15, 0.2) is 79.9 Å². The number of esters is 1. The molecule has 0 saturated carbocycles. The first kappa shape index (κ1) is 40.6. The molecule has 3 aliphatic heterocycles. The van der Waals surface area contributed by atoms with Gasteiger partial charge in [0, 0.05) is 35.6 Å². The van der Waals surface area contributed by atoms with Gasteiger partial charge >= 0.3 is 5.97 Å². The molecule has 3 aliphatic rings. The minimum Gasteiger partial charge on any atom is -0.455 e. The zero-order valence-electron chi connectivity index (χ0n) is 30.4. The predicted octanol–water partition coefficient (Wildman–Crippen LogP) is 5.40. The number of hydrogen-bond donors (Lipinski definition) is 2. The van der Waals surface area contributed by atoms with E-state index in [1.54, 1.807) is 60.7 Å². The maximum absolute atomic E-state index is 15.0. The van der Waals surface area contributed by atoms with Crippen molar-refractivity contribution in [3.8, 4) is 0 Å². The fourth-order valence-electron chi connectivity index (χ4n) is 8.18. The normalized spacial score (nSPS) is 26.1. The van der Waals surface area contributed by atoms with Gasteiger partial charge in [0.15, 0.2) is 0 Å². The highest BCUT2D eigenvalue weighted by molar-refractivity contribution is 9.09. The summed E-state index contributed by atoms with van der Waals surface area (Å²) in [6.45, 7) is 11.3. The van der Waals surface area contributed by atoms with Crippen molar-refractivity contribution in [2.24, 2.45) is 17.8 Å². The fourth-order valence-corrected chi connectivity index (χ4v) is 9.24. The minimum absolute atomic E-state index is 0.0339. The topological polar surface area (TPSA) is 135 Å². The summed E-state index contributed by atoms with van der Waals surface area (Å²) < 4.78 is 18.6. The van der Waals surface area contributed by atoms with Crippen molar-refractivity contribution in [1.82, 2.24) is 10.2 Å². The van der Waals surface area contributed by atoms with Gasteiger partial charge in [-0.1, -0.05) is 83.9 Å². The second-order valence-corrected chi connectivity index (χ2v) is 15.9. The molecule has 53 heavy (non-hydrogen) atoms. The summed E-state index contributed by atoms with van der Waals surface area (Å²) in [5.41, 5.74) is -0.256. The molecule has 3 fully saturated rings. The Kier molecular flexibility index (Phi) is 13.6. The molecule has 2 aromatic carbocycles. The summed E-state index contributed by atoms with van der Waals surface area (Å²) in [6.07, 6.45) is 2.79. The number of allylic oxidation sites excluding steroid dienone is 1.